The van der Waals surface area contributed by atoms with Gasteiger partial charge in [0.2, 0.25) is 0 Å². The van der Waals surface area contributed by atoms with Crippen molar-refractivity contribution < 1.29 is 33.3 Å². The highest BCUT2D eigenvalue weighted by Gasteiger charge is 2.51. The van der Waals surface area contributed by atoms with Crippen molar-refractivity contribution in [2.24, 2.45) is 0 Å². The Balaban J connectivity index is 1.45. The molecule has 1 aliphatic rings. The molecule has 39 heavy (non-hydrogen) atoms. The van der Waals surface area contributed by atoms with Crippen LogP contribution in [-0.2, 0) is 18.9 Å². The molecule has 0 amide bonds. The van der Waals surface area contributed by atoms with Gasteiger partial charge in [-0.1, -0.05) is 54.6 Å². The van der Waals surface area contributed by atoms with E-state index in [0.29, 0.717) is 22.4 Å². The lowest BCUT2D eigenvalue weighted by Gasteiger charge is -2.24. The fourth-order valence-corrected chi connectivity index (χ4v) is 4.18. The Kier molecular flexibility index (Phi) is 7.99. The van der Waals surface area contributed by atoms with Gasteiger partial charge in [-0.15, -0.1) is 0 Å². The van der Waals surface area contributed by atoms with E-state index < -0.39 is 42.3 Å². The van der Waals surface area contributed by atoms with Gasteiger partial charge in [-0.25, -0.2) is 14.4 Å². The minimum Gasteiger partial charge on any atom is -0.459 e. The predicted octanol–water partition coefficient (Wildman–Crippen LogP) is 4.22. The first-order valence-corrected chi connectivity index (χ1v) is 12.3. The molecule has 196 valence electrons. The Bertz CT molecular complexity index is 1400. The zero-order valence-electron chi connectivity index (χ0n) is 20.7. The molecule has 0 N–H and O–H groups in total. The summed E-state index contributed by atoms with van der Waals surface area (Å²) < 4.78 is 23.5. The topological polar surface area (TPSA) is 114 Å². The van der Waals surface area contributed by atoms with Crippen molar-refractivity contribution in [1.82, 2.24) is 10.2 Å². The quantitative estimate of drug-likeness (QED) is 0.247. The van der Waals surface area contributed by atoms with Gasteiger partial charge in [-0.2, -0.15) is 10.2 Å². The van der Waals surface area contributed by atoms with Crippen LogP contribution < -0.4 is 0 Å². The molecule has 2 heterocycles. The predicted molar refractivity (Wildman–Crippen MR) is 138 cm³/mol. The molecule has 4 aromatic rings. The molecule has 0 spiro atoms. The molecule has 0 aliphatic carbocycles. The molecule has 1 aliphatic heterocycles. The van der Waals surface area contributed by atoms with E-state index in [1.807, 2.05) is 0 Å². The van der Waals surface area contributed by atoms with Crippen LogP contribution >= 0.6 is 0 Å². The maximum Gasteiger partial charge on any atom is 0.338 e. The van der Waals surface area contributed by atoms with Crippen LogP contribution in [0.4, 0.5) is 0 Å². The van der Waals surface area contributed by atoms with Crippen LogP contribution in [0.5, 0.6) is 0 Å². The molecule has 9 nitrogen and oxygen atoms in total. The van der Waals surface area contributed by atoms with E-state index in [2.05, 4.69) is 10.2 Å². The van der Waals surface area contributed by atoms with Crippen molar-refractivity contribution in [3.05, 3.63) is 132 Å². The van der Waals surface area contributed by atoms with Crippen molar-refractivity contribution in [1.29, 1.82) is 0 Å². The molecule has 0 unspecified atom stereocenters. The number of hydrogen-bond acceptors (Lipinski definition) is 9. The van der Waals surface area contributed by atoms with Crippen molar-refractivity contribution in [2.45, 2.75) is 24.4 Å². The summed E-state index contributed by atoms with van der Waals surface area (Å²) >= 11 is 0. The summed E-state index contributed by atoms with van der Waals surface area (Å²) in [6, 6.07) is 28.6. The van der Waals surface area contributed by atoms with Crippen LogP contribution in [0.3, 0.4) is 0 Å². The average Bonchev–Trinajstić information content (AvgIpc) is 3.33. The number of rotatable bonds is 8. The van der Waals surface area contributed by atoms with Crippen LogP contribution in [0, 0.1) is 0 Å². The molecule has 4 atom stereocenters. The number of hydrogen-bond donors (Lipinski definition) is 0. The maximum absolute atomic E-state index is 13.1. The molecule has 1 saturated heterocycles. The summed E-state index contributed by atoms with van der Waals surface area (Å²) in [4.78, 5) is 38.8. The Hall–Kier alpha value is -4.89. The van der Waals surface area contributed by atoms with Crippen molar-refractivity contribution in [3.63, 3.8) is 0 Å². The lowest BCUT2D eigenvalue weighted by atomic mass is 10.0. The molecule has 1 fully saturated rings. The third-order valence-electron chi connectivity index (χ3n) is 6.09. The van der Waals surface area contributed by atoms with Gasteiger partial charge in [0.15, 0.2) is 12.2 Å². The number of esters is 3. The summed E-state index contributed by atoms with van der Waals surface area (Å²) in [7, 11) is 0. The minimum absolute atomic E-state index is 0.267. The standard InChI is InChI=1S/C30H24N2O7/c33-28(20-11-4-1-5-12-20)36-19-24-26(38-29(34)21-13-6-2-7-14-21)27(25(37-24)23-17-10-18-31-32-23)39-30(35)22-15-8-3-9-16-22/h1-18,24-27H,19H2/t24-,25+,26-,27+/m1/s1. The lowest BCUT2D eigenvalue weighted by Crippen LogP contribution is -2.41. The van der Waals surface area contributed by atoms with E-state index in [0.717, 1.165) is 0 Å². The molecule has 0 saturated carbocycles. The second kappa shape index (κ2) is 12.1. The van der Waals surface area contributed by atoms with E-state index in [4.69, 9.17) is 18.9 Å². The first kappa shape index (κ1) is 25.7. The van der Waals surface area contributed by atoms with E-state index in [1.54, 1.807) is 103 Å². The molecule has 5 rings (SSSR count). The number of carbonyl (C=O) groups is 3. The third kappa shape index (κ3) is 6.16. The van der Waals surface area contributed by atoms with Crippen molar-refractivity contribution in [3.8, 4) is 0 Å². The first-order chi connectivity index (χ1) is 19.1. The maximum atomic E-state index is 13.1. The van der Waals surface area contributed by atoms with E-state index in [1.165, 1.54) is 6.20 Å². The summed E-state index contributed by atoms with van der Waals surface area (Å²) in [5.74, 6) is -1.86. The SMILES string of the molecule is O=C(OC[C@H]1O[C@@H](c2cccnn2)[C@H](OC(=O)c2ccccc2)[C@@H]1OC(=O)c1ccccc1)c1ccccc1. The van der Waals surface area contributed by atoms with Crippen LogP contribution in [0.1, 0.15) is 42.9 Å². The second-order valence-corrected chi connectivity index (χ2v) is 8.68. The number of ether oxygens (including phenoxy) is 4. The zero-order valence-corrected chi connectivity index (χ0v) is 20.7. The van der Waals surface area contributed by atoms with Crippen LogP contribution in [0.25, 0.3) is 0 Å². The highest BCUT2D eigenvalue weighted by atomic mass is 16.6. The van der Waals surface area contributed by atoms with Gasteiger partial charge in [-0.3, -0.25) is 0 Å². The molecule has 0 bridgehead atoms. The number of nitrogens with zero attached hydrogens (tertiary/aromatic N) is 2. The van der Waals surface area contributed by atoms with Crippen LogP contribution in [0.2, 0.25) is 0 Å². The van der Waals surface area contributed by atoms with Gasteiger partial charge in [0, 0.05) is 6.20 Å². The third-order valence-corrected chi connectivity index (χ3v) is 6.09. The molecular weight excluding hydrogens is 500 g/mol. The second-order valence-electron chi connectivity index (χ2n) is 8.68. The van der Waals surface area contributed by atoms with E-state index >= 15 is 0 Å². The van der Waals surface area contributed by atoms with E-state index in [9.17, 15) is 14.4 Å². The lowest BCUT2D eigenvalue weighted by molar-refractivity contribution is -0.0452. The Morgan fingerprint density at radius 1 is 0.641 bits per heavy atom. The summed E-state index contributed by atoms with van der Waals surface area (Å²) in [6.07, 6.45) is -2.65. The van der Waals surface area contributed by atoms with Crippen LogP contribution in [0.15, 0.2) is 109 Å². The minimum atomic E-state index is -1.12. The van der Waals surface area contributed by atoms with Gasteiger partial charge in [0.25, 0.3) is 0 Å². The molecule has 9 heteroatoms. The molecule has 1 aromatic heterocycles. The fourth-order valence-electron chi connectivity index (χ4n) is 4.18. The number of aromatic nitrogens is 2. The van der Waals surface area contributed by atoms with Gasteiger partial charge in [0.05, 0.1) is 22.4 Å². The Labute approximate surface area is 224 Å². The largest absolute Gasteiger partial charge is 0.459 e. The van der Waals surface area contributed by atoms with Crippen molar-refractivity contribution in [2.75, 3.05) is 6.61 Å². The highest BCUT2D eigenvalue weighted by molar-refractivity contribution is 5.91. The van der Waals surface area contributed by atoms with E-state index in [-0.39, 0.29) is 6.61 Å². The van der Waals surface area contributed by atoms with Crippen LogP contribution in [-0.4, -0.2) is 53.0 Å². The van der Waals surface area contributed by atoms with Gasteiger partial charge in [0.1, 0.15) is 18.8 Å². The zero-order chi connectivity index (χ0) is 27.0. The first-order valence-electron chi connectivity index (χ1n) is 12.3. The summed E-state index contributed by atoms with van der Waals surface area (Å²) in [6.45, 7) is -0.267. The fraction of sp³-hybridized carbons (Fsp3) is 0.167. The summed E-state index contributed by atoms with van der Waals surface area (Å²) in [5, 5.41) is 8.04. The van der Waals surface area contributed by atoms with Gasteiger partial charge in [-0.05, 0) is 48.5 Å². The number of carbonyl (C=O) groups excluding carboxylic acids is 3. The normalized spacial score (nSPS) is 20.1. The smallest absolute Gasteiger partial charge is 0.338 e. The monoisotopic (exact) mass is 524 g/mol. The Morgan fingerprint density at radius 2 is 1.15 bits per heavy atom. The van der Waals surface area contributed by atoms with Crippen molar-refractivity contribution >= 4 is 17.9 Å². The highest BCUT2D eigenvalue weighted by Crippen LogP contribution is 2.37. The number of benzene rings is 3. The van der Waals surface area contributed by atoms with Gasteiger partial charge < -0.3 is 18.9 Å². The molecular formula is C30H24N2O7. The Morgan fingerprint density at radius 3 is 1.67 bits per heavy atom. The molecule has 3 aromatic carbocycles. The van der Waals surface area contributed by atoms with Gasteiger partial charge >= 0.3 is 17.9 Å². The summed E-state index contributed by atoms with van der Waals surface area (Å²) in [5.41, 5.74) is 1.32. The average molecular weight is 525 g/mol. The molecule has 0 radical (unpaired) electrons.